The van der Waals surface area contributed by atoms with Gasteiger partial charge in [-0.05, 0) is 12.1 Å². The van der Waals surface area contributed by atoms with E-state index in [1.54, 1.807) is 6.07 Å². The van der Waals surface area contributed by atoms with Crippen LogP contribution in [0.1, 0.15) is 0 Å². The number of ether oxygens (including phenoxy) is 1. The Hall–Kier alpha value is -2.63. The first-order chi connectivity index (χ1) is 8.65. The third kappa shape index (κ3) is 2.94. The van der Waals surface area contributed by atoms with Gasteiger partial charge in [-0.1, -0.05) is 18.2 Å². The highest BCUT2D eigenvalue weighted by Crippen LogP contribution is 2.17. The first-order valence-electron chi connectivity index (χ1n) is 5.22. The van der Waals surface area contributed by atoms with Gasteiger partial charge < -0.3 is 10.5 Å². The van der Waals surface area contributed by atoms with Gasteiger partial charge in [0.2, 0.25) is 0 Å². The van der Waals surface area contributed by atoms with Crippen molar-refractivity contribution in [3.63, 3.8) is 0 Å². The molecule has 92 valence electrons. The molecule has 0 aliphatic rings. The number of aromatic nitrogens is 1. The van der Waals surface area contributed by atoms with E-state index in [9.17, 15) is 9.59 Å². The molecule has 18 heavy (non-hydrogen) atoms. The fraction of sp³-hybridized carbons (Fsp3) is 0.0833. The molecule has 1 aromatic carbocycles. The quantitative estimate of drug-likeness (QED) is 0.836. The predicted molar refractivity (Wildman–Crippen MR) is 65.0 cm³/mol. The van der Waals surface area contributed by atoms with Crippen molar-refractivity contribution < 1.29 is 14.3 Å². The van der Waals surface area contributed by atoms with E-state index in [-0.39, 0.29) is 6.61 Å². The van der Waals surface area contributed by atoms with Crippen molar-refractivity contribution in [3.05, 3.63) is 36.5 Å². The van der Waals surface area contributed by atoms with E-state index < -0.39 is 11.9 Å². The van der Waals surface area contributed by atoms with E-state index in [0.717, 1.165) is 10.9 Å². The summed E-state index contributed by atoms with van der Waals surface area (Å²) >= 11 is 0. The summed E-state index contributed by atoms with van der Waals surface area (Å²) in [5, 5.41) is 2.81. The van der Waals surface area contributed by atoms with Gasteiger partial charge in [-0.25, -0.2) is 4.79 Å². The molecule has 6 nitrogen and oxygen atoms in total. The number of para-hydroxylation sites is 1. The zero-order chi connectivity index (χ0) is 13.0. The number of benzene rings is 1. The number of hydrogen-bond acceptors (Lipinski definition) is 4. The minimum atomic E-state index is -0.903. The van der Waals surface area contributed by atoms with Gasteiger partial charge in [0, 0.05) is 5.39 Å². The summed E-state index contributed by atoms with van der Waals surface area (Å²) in [4.78, 5) is 25.7. The lowest BCUT2D eigenvalue weighted by Crippen LogP contribution is -2.38. The van der Waals surface area contributed by atoms with Crippen LogP contribution < -0.4 is 15.8 Å². The van der Waals surface area contributed by atoms with E-state index in [1.165, 1.54) is 6.20 Å². The molecule has 0 saturated carbocycles. The molecule has 2 aromatic rings. The Kier molecular flexibility index (Phi) is 3.38. The number of amides is 3. The number of carbonyl (C=O) groups is 2. The van der Waals surface area contributed by atoms with Gasteiger partial charge in [0.25, 0.3) is 5.91 Å². The monoisotopic (exact) mass is 245 g/mol. The second-order valence-electron chi connectivity index (χ2n) is 3.56. The van der Waals surface area contributed by atoms with Crippen LogP contribution >= 0.6 is 0 Å². The van der Waals surface area contributed by atoms with Crippen molar-refractivity contribution in [3.8, 4) is 5.75 Å². The molecule has 1 heterocycles. The molecule has 3 amide bonds. The number of urea groups is 1. The van der Waals surface area contributed by atoms with Gasteiger partial charge in [0.1, 0.15) is 5.75 Å². The zero-order valence-corrected chi connectivity index (χ0v) is 9.42. The maximum atomic E-state index is 11.1. The van der Waals surface area contributed by atoms with Crippen molar-refractivity contribution in [2.24, 2.45) is 5.73 Å². The average Bonchev–Trinajstić information content (AvgIpc) is 2.35. The van der Waals surface area contributed by atoms with Crippen LogP contribution in [-0.2, 0) is 4.79 Å². The maximum Gasteiger partial charge on any atom is 0.318 e. The van der Waals surface area contributed by atoms with Crippen LogP contribution in [0.3, 0.4) is 0 Å². The minimum Gasteiger partial charge on any atom is -0.482 e. The molecule has 0 saturated heterocycles. The molecule has 1 aromatic heterocycles. The molecule has 0 atom stereocenters. The van der Waals surface area contributed by atoms with Gasteiger partial charge in [-0.2, -0.15) is 0 Å². The zero-order valence-electron chi connectivity index (χ0n) is 9.42. The summed E-state index contributed by atoms with van der Waals surface area (Å²) in [6, 6.07) is 8.39. The van der Waals surface area contributed by atoms with Crippen molar-refractivity contribution in [2.75, 3.05) is 6.61 Å². The lowest BCUT2D eigenvalue weighted by molar-refractivity contribution is -0.121. The van der Waals surface area contributed by atoms with Crippen molar-refractivity contribution in [2.45, 2.75) is 0 Å². The standard InChI is InChI=1S/C12H11N3O3/c13-12(17)15-11(16)7-18-9-5-8-3-1-2-4-10(8)14-6-9/h1-6H,7H2,(H3,13,15,16,17). The molecule has 0 bridgehead atoms. The first kappa shape index (κ1) is 11.8. The number of nitrogens with two attached hydrogens (primary N) is 1. The number of imide groups is 1. The van der Waals surface area contributed by atoms with E-state index in [0.29, 0.717) is 5.75 Å². The number of hydrogen-bond donors (Lipinski definition) is 2. The number of pyridine rings is 1. The van der Waals surface area contributed by atoms with Gasteiger partial charge >= 0.3 is 6.03 Å². The van der Waals surface area contributed by atoms with Gasteiger partial charge in [0.05, 0.1) is 11.7 Å². The topological polar surface area (TPSA) is 94.3 Å². The van der Waals surface area contributed by atoms with Crippen LogP contribution in [-0.4, -0.2) is 23.5 Å². The summed E-state index contributed by atoms with van der Waals surface area (Å²) in [6.07, 6.45) is 1.51. The van der Waals surface area contributed by atoms with Crippen LogP contribution in [0, 0.1) is 0 Å². The lowest BCUT2D eigenvalue weighted by Gasteiger charge is -2.06. The molecule has 3 N–H and O–H groups in total. The largest absolute Gasteiger partial charge is 0.482 e. The van der Waals surface area contributed by atoms with Gasteiger partial charge in [-0.15, -0.1) is 0 Å². The third-order valence-electron chi connectivity index (χ3n) is 2.20. The highest BCUT2D eigenvalue weighted by Gasteiger charge is 2.05. The fourth-order valence-corrected chi connectivity index (χ4v) is 1.45. The van der Waals surface area contributed by atoms with Crippen molar-refractivity contribution in [1.82, 2.24) is 10.3 Å². The van der Waals surface area contributed by atoms with E-state index in [4.69, 9.17) is 10.5 Å². The molecule has 0 aliphatic heterocycles. The summed E-state index contributed by atoms with van der Waals surface area (Å²) in [5.74, 6) is -0.149. The molecule has 6 heteroatoms. The minimum absolute atomic E-state index is 0.289. The predicted octanol–water partition coefficient (Wildman–Crippen LogP) is 0.808. The Bertz CT molecular complexity index is 598. The van der Waals surface area contributed by atoms with Gasteiger partial charge in [0.15, 0.2) is 6.61 Å². The Balaban J connectivity index is 2.04. The van der Waals surface area contributed by atoms with E-state index in [2.05, 4.69) is 4.98 Å². The van der Waals surface area contributed by atoms with E-state index >= 15 is 0 Å². The molecule has 0 spiro atoms. The third-order valence-corrected chi connectivity index (χ3v) is 2.20. The Morgan fingerprint density at radius 3 is 2.89 bits per heavy atom. The fourth-order valence-electron chi connectivity index (χ4n) is 1.45. The van der Waals surface area contributed by atoms with Crippen LogP contribution in [0.5, 0.6) is 5.75 Å². The lowest BCUT2D eigenvalue weighted by atomic mass is 10.2. The second-order valence-corrected chi connectivity index (χ2v) is 3.56. The van der Waals surface area contributed by atoms with Crippen LogP contribution in [0.15, 0.2) is 36.5 Å². The SMILES string of the molecule is NC(=O)NC(=O)COc1cnc2ccccc2c1. The molecular formula is C12H11N3O3. The van der Waals surface area contributed by atoms with Crippen molar-refractivity contribution in [1.29, 1.82) is 0 Å². The number of primary amides is 1. The Labute approximate surface area is 103 Å². The van der Waals surface area contributed by atoms with Crippen molar-refractivity contribution >= 4 is 22.8 Å². The Morgan fingerprint density at radius 2 is 2.11 bits per heavy atom. The van der Waals surface area contributed by atoms with Crippen LogP contribution in [0.2, 0.25) is 0 Å². The number of nitrogens with one attached hydrogen (secondary N) is 1. The molecule has 0 unspecified atom stereocenters. The van der Waals surface area contributed by atoms with Crippen LogP contribution in [0.4, 0.5) is 4.79 Å². The highest BCUT2D eigenvalue weighted by atomic mass is 16.5. The summed E-state index contributed by atoms with van der Waals surface area (Å²) in [5.41, 5.74) is 5.64. The first-order valence-corrected chi connectivity index (χ1v) is 5.22. The molecule has 0 fully saturated rings. The average molecular weight is 245 g/mol. The molecular weight excluding hydrogens is 234 g/mol. The maximum absolute atomic E-state index is 11.1. The van der Waals surface area contributed by atoms with E-state index in [1.807, 2.05) is 29.6 Å². The molecule has 0 radical (unpaired) electrons. The Morgan fingerprint density at radius 1 is 1.33 bits per heavy atom. The molecule has 0 aliphatic carbocycles. The number of fused-ring (bicyclic) bond motifs is 1. The summed E-state index contributed by atoms with van der Waals surface area (Å²) in [6.45, 7) is -0.289. The summed E-state index contributed by atoms with van der Waals surface area (Å²) < 4.78 is 5.19. The van der Waals surface area contributed by atoms with Gasteiger partial charge in [-0.3, -0.25) is 15.1 Å². The number of nitrogens with zero attached hydrogens (tertiary/aromatic N) is 1. The summed E-state index contributed by atoms with van der Waals surface area (Å²) in [7, 11) is 0. The smallest absolute Gasteiger partial charge is 0.318 e. The number of carbonyl (C=O) groups excluding carboxylic acids is 2. The number of rotatable bonds is 3. The molecule has 2 rings (SSSR count). The normalized spacial score (nSPS) is 10.0. The second kappa shape index (κ2) is 5.13. The highest BCUT2D eigenvalue weighted by molar-refractivity contribution is 5.94. The van der Waals surface area contributed by atoms with Crippen LogP contribution in [0.25, 0.3) is 10.9 Å².